The van der Waals surface area contributed by atoms with Gasteiger partial charge >= 0.3 is 0 Å². The molecule has 1 aromatic rings. The molecule has 1 N–H and O–H groups in total. The molecule has 3 nitrogen and oxygen atoms in total. The van der Waals surface area contributed by atoms with Crippen molar-refractivity contribution in [1.82, 2.24) is 0 Å². The molecule has 96 valence electrons. The lowest BCUT2D eigenvalue weighted by atomic mass is 10.1. The van der Waals surface area contributed by atoms with Crippen molar-refractivity contribution in [2.75, 3.05) is 7.11 Å². The number of carbonyl (C=O) groups is 1. The fourth-order valence-electron chi connectivity index (χ4n) is 1.47. The Kier molecular flexibility index (Phi) is 5.88. The lowest BCUT2D eigenvalue weighted by Crippen LogP contribution is -2.08. The normalized spacial score (nSPS) is 13.1. The Morgan fingerprint density at radius 3 is 2.61 bits per heavy atom. The first-order valence-electron chi connectivity index (χ1n) is 5.81. The van der Waals surface area contributed by atoms with E-state index in [1.165, 1.54) is 6.08 Å². The summed E-state index contributed by atoms with van der Waals surface area (Å²) >= 11 is 0. The minimum absolute atomic E-state index is 0.0793. The summed E-state index contributed by atoms with van der Waals surface area (Å²) in [7, 11) is 1.61. The third kappa shape index (κ3) is 4.97. The molecule has 0 unspecified atom stereocenters. The third-order valence-corrected chi connectivity index (χ3v) is 2.39. The molecular formula is C15H18O3. The van der Waals surface area contributed by atoms with Crippen molar-refractivity contribution in [2.45, 2.75) is 19.4 Å². The Morgan fingerprint density at radius 2 is 2.06 bits per heavy atom. The molecular weight excluding hydrogens is 228 g/mol. The Bertz CT molecular complexity index is 430. The van der Waals surface area contributed by atoms with Gasteiger partial charge in [0.15, 0.2) is 5.78 Å². The van der Waals surface area contributed by atoms with Crippen LogP contribution in [0.4, 0.5) is 0 Å². The van der Waals surface area contributed by atoms with E-state index in [0.717, 1.165) is 11.3 Å². The summed E-state index contributed by atoms with van der Waals surface area (Å²) in [5.74, 6) is 0.709. The molecule has 3 heteroatoms. The van der Waals surface area contributed by atoms with Crippen LogP contribution in [0.1, 0.15) is 18.9 Å². The lowest BCUT2D eigenvalue weighted by Gasteiger charge is -2.02. The minimum Gasteiger partial charge on any atom is -0.497 e. The van der Waals surface area contributed by atoms with Crippen LogP contribution in [0.5, 0.6) is 5.75 Å². The van der Waals surface area contributed by atoms with E-state index in [-0.39, 0.29) is 12.2 Å². The number of carbonyl (C=O) groups excluding carboxylic acids is 1. The number of hydrogen-bond donors (Lipinski definition) is 1. The highest BCUT2D eigenvalue weighted by Crippen LogP contribution is 2.12. The zero-order valence-corrected chi connectivity index (χ0v) is 10.7. The van der Waals surface area contributed by atoms with E-state index in [1.807, 2.05) is 24.3 Å². The van der Waals surface area contributed by atoms with Crippen LogP contribution >= 0.6 is 0 Å². The van der Waals surface area contributed by atoms with E-state index in [9.17, 15) is 9.90 Å². The number of rotatable bonds is 6. The van der Waals surface area contributed by atoms with Crippen LogP contribution in [-0.2, 0) is 4.79 Å². The fourth-order valence-corrected chi connectivity index (χ4v) is 1.47. The maximum Gasteiger partial charge on any atom is 0.158 e. The van der Waals surface area contributed by atoms with E-state index in [4.69, 9.17) is 4.74 Å². The topological polar surface area (TPSA) is 46.5 Å². The van der Waals surface area contributed by atoms with Crippen LogP contribution in [0.2, 0.25) is 0 Å². The Morgan fingerprint density at radius 1 is 1.39 bits per heavy atom. The highest BCUT2D eigenvalue weighted by Gasteiger charge is 2.04. The number of methoxy groups -OCH3 is 1. The van der Waals surface area contributed by atoms with E-state index < -0.39 is 6.10 Å². The summed E-state index contributed by atoms with van der Waals surface area (Å²) in [6.45, 7) is 1.78. The molecule has 0 aliphatic heterocycles. The van der Waals surface area contributed by atoms with E-state index in [1.54, 1.807) is 32.3 Å². The van der Waals surface area contributed by atoms with Crippen LogP contribution in [-0.4, -0.2) is 24.1 Å². The predicted molar refractivity (Wildman–Crippen MR) is 72.5 cm³/mol. The molecule has 1 aromatic carbocycles. The molecule has 0 aliphatic carbocycles. The average Bonchev–Trinajstić information content (AvgIpc) is 2.37. The Labute approximate surface area is 107 Å². The van der Waals surface area contributed by atoms with Crippen molar-refractivity contribution in [3.63, 3.8) is 0 Å². The first kappa shape index (κ1) is 14.2. The van der Waals surface area contributed by atoms with Crippen molar-refractivity contribution < 1.29 is 14.6 Å². The maximum atomic E-state index is 11.3. The van der Waals surface area contributed by atoms with Crippen LogP contribution < -0.4 is 4.74 Å². The van der Waals surface area contributed by atoms with Gasteiger partial charge in [-0.1, -0.05) is 30.4 Å². The zero-order valence-electron chi connectivity index (χ0n) is 10.7. The first-order chi connectivity index (χ1) is 8.65. The van der Waals surface area contributed by atoms with Gasteiger partial charge in [-0.2, -0.15) is 0 Å². The number of hydrogen-bond acceptors (Lipinski definition) is 3. The number of allylic oxidation sites excluding steroid dienone is 2. The molecule has 0 saturated carbocycles. The van der Waals surface area contributed by atoms with Gasteiger partial charge in [0.05, 0.1) is 13.2 Å². The van der Waals surface area contributed by atoms with Crippen LogP contribution in [0.3, 0.4) is 0 Å². The van der Waals surface area contributed by atoms with Gasteiger partial charge in [-0.3, -0.25) is 4.79 Å². The molecule has 0 radical (unpaired) electrons. The minimum atomic E-state index is -0.754. The summed E-state index contributed by atoms with van der Waals surface area (Å²) < 4.78 is 5.05. The van der Waals surface area contributed by atoms with Crippen molar-refractivity contribution in [3.8, 4) is 5.75 Å². The van der Waals surface area contributed by atoms with Crippen molar-refractivity contribution in [1.29, 1.82) is 0 Å². The van der Waals surface area contributed by atoms with Gasteiger partial charge in [-0.05, 0) is 30.7 Å². The van der Waals surface area contributed by atoms with Gasteiger partial charge in [-0.25, -0.2) is 0 Å². The van der Waals surface area contributed by atoms with E-state index in [0.29, 0.717) is 0 Å². The summed E-state index contributed by atoms with van der Waals surface area (Å²) in [5.41, 5.74) is 0.952. The fraction of sp³-hybridized carbons (Fsp3) is 0.267. The average molecular weight is 246 g/mol. The van der Waals surface area contributed by atoms with Gasteiger partial charge in [-0.15, -0.1) is 0 Å². The number of ether oxygens (including phenoxy) is 1. The molecule has 0 spiro atoms. The van der Waals surface area contributed by atoms with E-state index >= 15 is 0 Å². The summed E-state index contributed by atoms with van der Waals surface area (Å²) in [5, 5.41) is 9.64. The van der Waals surface area contributed by atoms with Crippen LogP contribution in [0, 0.1) is 0 Å². The Hall–Kier alpha value is -1.87. The second-order valence-electron chi connectivity index (χ2n) is 3.87. The van der Waals surface area contributed by atoms with Gasteiger partial charge in [0.2, 0.25) is 0 Å². The number of aliphatic hydroxyl groups is 1. The summed E-state index contributed by atoms with van der Waals surface area (Å²) in [6.07, 6.45) is 5.88. The second-order valence-corrected chi connectivity index (χ2v) is 3.87. The molecule has 1 atom stereocenters. The van der Waals surface area contributed by atoms with Crippen LogP contribution in [0.15, 0.2) is 42.5 Å². The molecule has 18 heavy (non-hydrogen) atoms. The molecule has 0 fully saturated rings. The largest absolute Gasteiger partial charge is 0.497 e. The molecule has 0 aromatic heterocycles. The number of aliphatic hydroxyl groups excluding tert-OH is 1. The van der Waals surface area contributed by atoms with Gasteiger partial charge in [0, 0.05) is 6.42 Å². The molecule has 1 rings (SSSR count). The number of ketones is 1. The molecule has 0 saturated heterocycles. The van der Waals surface area contributed by atoms with Crippen molar-refractivity contribution in [3.05, 3.63) is 48.1 Å². The van der Waals surface area contributed by atoms with Gasteiger partial charge < -0.3 is 9.84 Å². The molecule has 0 heterocycles. The second kappa shape index (κ2) is 7.45. The Balaban J connectivity index is 2.54. The number of benzene rings is 1. The van der Waals surface area contributed by atoms with Gasteiger partial charge in [0.1, 0.15) is 5.75 Å². The van der Waals surface area contributed by atoms with Gasteiger partial charge in [0.25, 0.3) is 0 Å². The predicted octanol–water partition coefficient (Wildman–Crippen LogP) is 2.60. The van der Waals surface area contributed by atoms with Crippen LogP contribution in [0.25, 0.3) is 6.08 Å². The highest BCUT2D eigenvalue weighted by molar-refractivity contribution is 5.90. The molecule has 0 amide bonds. The lowest BCUT2D eigenvalue weighted by molar-refractivity contribution is -0.115. The van der Waals surface area contributed by atoms with Crippen molar-refractivity contribution >= 4 is 11.9 Å². The first-order valence-corrected chi connectivity index (χ1v) is 5.81. The maximum absolute atomic E-state index is 11.3. The molecule has 0 aliphatic rings. The summed E-state index contributed by atoms with van der Waals surface area (Å²) in [6, 6.07) is 7.46. The highest BCUT2D eigenvalue weighted by atomic mass is 16.5. The summed E-state index contributed by atoms with van der Waals surface area (Å²) in [4.78, 5) is 11.3. The molecule has 0 bridgehead atoms. The quantitative estimate of drug-likeness (QED) is 0.785. The SMILES string of the molecule is C/C=C/C(=O)C[C@H](O)/C=C/c1ccc(OC)cc1. The van der Waals surface area contributed by atoms with E-state index in [2.05, 4.69) is 0 Å². The smallest absolute Gasteiger partial charge is 0.158 e. The zero-order chi connectivity index (χ0) is 13.4. The van der Waals surface area contributed by atoms with Crippen molar-refractivity contribution in [2.24, 2.45) is 0 Å². The monoisotopic (exact) mass is 246 g/mol. The third-order valence-electron chi connectivity index (χ3n) is 2.39. The standard InChI is InChI=1S/C15H18O3/c1-3-4-13(16)11-14(17)8-5-12-6-9-15(18-2)10-7-12/h3-10,14,17H,11H2,1-2H3/b4-3+,8-5+/t14-/m1/s1.